The molecule has 0 spiro atoms. The molecule has 2 aliphatic heterocycles. The predicted molar refractivity (Wildman–Crippen MR) is 104 cm³/mol. The first-order valence-electron chi connectivity index (χ1n) is 8.48. The fourth-order valence-corrected chi connectivity index (χ4v) is 5.60. The molecule has 8 nitrogen and oxygen atoms in total. The minimum atomic E-state index is -1.19. The normalized spacial score (nSPS) is 21.1. The van der Waals surface area contributed by atoms with Crippen LogP contribution in [0.25, 0.3) is 0 Å². The highest BCUT2D eigenvalue weighted by Crippen LogP contribution is 2.48. The van der Waals surface area contributed by atoms with Crippen LogP contribution in [0.1, 0.15) is 12.0 Å². The quantitative estimate of drug-likeness (QED) is 0.615. The van der Waals surface area contributed by atoms with Crippen LogP contribution in [-0.4, -0.2) is 48.7 Å². The van der Waals surface area contributed by atoms with Crippen molar-refractivity contribution in [2.24, 2.45) is 0 Å². The number of H-pyrrole nitrogens is 1. The first-order chi connectivity index (χ1) is 13.5. The number of β-lactam (4-membered cyclic amide) rings is 1. The van der Waals surface area contributed by atoms with Crippen LogP contribution in [0.15, 0.2) is 58.2 Å². The zero-order valence-corrected chi connectivity index (χ0v) is 16.1. The Balaban J connectivity index is 1.62. The number of aromatic amines is 1. The number of hydrogen-bond acceptors (Lipinski definition) is 6. The van der Waals surface area contributed by atoms with Gasteiger partial charge in [-0.15, -0.1) is 11.8 Å². The SMILES string of the molecule is O=C(Cc1ccccc1)NC1S[C@@H]2CC(=O)N2C(C(=O)O)=C1Sc1cn[nH]c1. The highest BCUT2D eigenvalue weighted by atomic mass is 32.2. The average Bonchev–Trinajstić information content (AvgIpc) is 3.16. The molecular formula is C18H16N4O4S2. The van der Waals surface area contributed by atoms with E-state index in [9.17, 15) is 19.5 Å². The smallest absolute Gasteiger partial charge is 0.353 e. The number of aliphatic carboxylic acids is 1. The highest BCUT2D eigenvalue weighted by molar-refractivity contribution is 8.06. The summed E-state index contributed by atoms with van der Waals surface area (Å²) in [7, 11) is 0. The summed E-state index contributed by atoms with van der Waals surface area (Å²) in [6.07, 6.45) is 3.65. The van der Waals surface area contributed by atoms with Gasteiger partial charge < -0.3 is 10.4 Å². The molecule has 0 aliphatic carbocycles. The summed E-state index contributed by atoms with van der Waals surface area (Å²) in [4.78, 5) is 38.9. The van der Waals surface area contributed by atoms with Crippen LogP contribution in [0.3, 0.4) is 0 Å². The Kier molecular flexibility index (Phi) is 5.14. The number of thioether (sulfide) groups is 2. The summed E-state index contributed by atoms with van der Waals surface area (Å²) in [6, 6.07) is 9.32. The van der Waals surface area contributed by atoms with Gasteiger partial charge in [-0.1, -0.05) is 42.1 Å². The Bertz CT molecular complexity index is 946. The van der Waals surface area contributed by atoms with Crippen LogP contribution in [0.4, 0.5) is 0 Å². The van der Waals surface area contributed by atoms with Crippen molar-refractivity contribution < 1.29 is 19.5 Å². The zero-order chi connectivity index (χ0) is 19.7. The van der Waals surface area contributed by atoms with Gasteiger partial charge in [-0.3, -0.25) is 19.6 Å². The van der Waals surface area contributed by atoms with Gasteiger partial charge in [-0.05, 0) is 5.56 Å². The Morgan fingerprint density at radius 1 is 1.36 bits per heavy atom. The monoisotopic (exact) mass is 416 g/mol. The van der Waals surface area contributed by atoms with E-state index in [-0.39, 0.29) is 35.7 Å². The summed E-state index contributed by atoms with van der Waals surface area (Å²) in [5.74, 6) is -1.63. The molecule has 3 N–H and O–H groups in total. The number of carboxylic acids is 1. The average molecular weight is 416 g/mol. The molecule has 0 radical (unpaired) electrons. The van der Waals surface area contributed by atoms with Crippen LogP contribution < -0.4 is 5.32 Å². The Hall–Kier alpha value is -2.72. The number of nitrogens with one attached hydrogen (secondary N) is 2. The fourth-order valence-electron chi connectivity index (χ4n) is 3.04. The van der Waals surface area contributed by atoms with Gasteiger partial charge in [0.05, 0.1) is 29.3 Å². The van der Waals surface area contributed by atoms with Gasteiger partial charge >= 0.3 is 5.97 Å². The third-order valence-electron chi connectivity index (χ3n) is 4.31. The van der Waals surface area contributed by atoms with E-state index in [4.69, 9.17) is 0 Å². The molecule has 1 fully saturated rings. The van der Waals surface area contributed by atoms with Crippen molar-refractivity contribution in [3.8, 4) is 0 Å². The minimum absolute atomic E-state index is 0.0730. The first-order valence-corrected chi connectivity index (χ1v) is 10.2. The number of carbonyl (C=O) groups excluding carboxylic acids is 2. The third kappa shape index (κ3) is 3.65. The first kappa shape index (κ1) is 18.6. The van der Waals surface area contributed by atoms with Gasteiger partial charge in [0.25, 0.3) is 0 Å². The topological polar surface area (TPSA) is 115 Å². The second-order valence-corrected chi connectivity index (χ2v) is 8.63. The summed E-state index contributed by atoms with van der Waals surface area (Å²) < 4.78 is 0. The van der Waals surface area contributed by atoms with Crippen molar-refractivity contribution in [2.45, 2.75) is 28.5 Å². The van der Waals surface area contributed by atoms with Gasteiger partial charge in [0.2, 0.25) is 11.8 Å². The number of rotatable bonds is 6. The van der Waals surface area contributed by atoms with E-state index in [1.54, 1.807) is 12.4 Å². The minimum Gasteiger partial charge on any atom is -0.477 e. The van der Waals surface area contributed by atoms with E-state index in [1.165, 1.54) is 28.4 Å². The van der Waals surface area contributed by atoms with Gasteiger partial charge in [0, 0.05) is 11.1 Å². The van der Waals surface area contributed by atoms with Gasteiger partial charge in [-0.25, -0.2) is 4.79 Å². The molecule has 2 aliphatic rings. The Labute approximate surface area is 168 Å². The molecular weight excluding hydrogens is 400 g/mol. The third-order valence-corrected chi connectivity index (χ3v) is 6.89. The van der Waals surface area contributed by atoms with E-state index in [0.29, 0.717) is 9.80 Å². The molecule has 10 heteroatoms. The van der Waals surface area contributed by atoms with Crippen molar-refractivity contribution in [1.29, 1.82) is 0 Å². The molecule has 1 saturated heterocycles. The molecule has 1 unspecified atom stereocenters. The molecule has 2 amide bonds. The lowest BCUT2D eigenvalue weighted by molar-refractivity contribution is -0.146. The van der Waals surface area contributed by atoms with Crippen molar-refractivity contribution in [1.82, 2.24) is 20.4 Å². The molecule has 1 aromatic heterocycles. The molecule has 0 bridgehead atoms. The molecule has 0 saturated carbocycles. The molecule has 3 heterocycles. The summed E-state index contributed by atoms with van der Waals surface area (Å²) in [6.45, 7) is 0. The highest BCUT2D eigenvalue weighted by Gasteiger charge is 2.49. The molecule has 144 valence electrons. The summed E-state index contributed by atoms with van der Waals surface area (Å²) in [5.41, 5.74) is 0.795. The second kappa shape index (κ2) is 7.72. The Morgan fingerprint density at radius 2 is 2.14 bits per heavy atom. The van der Waals surface area contributed by atoms with Crippen LogP contribution in [-0.2, 0) is 20.8 Å². The predicted octanol–water partition coefficient (Wildman–Crippen LogP) is 1.79. The van der Waals surface area contributed by atoms with Gasteiger partial charge in [-0.2, -0.15) is 5.10 Å². The lowest BCUT2D eigenvalue weighted by Crippen LogP contribution is -2.57. The summed E-state index contributed by atoms with van der Waals surface area (Å²) >= 11 is 2.56. The maximum Gasteiger partial charge on any atom is 0.353 e. The van der Waals surface area contributed by atoms with Gasteiger partial charge in [0.1, 0.15) is 11.1 Å². The standard InChI is InChI=1S/C18H16N4O4S2/c23-12(6-10-4-2-1-3-5-10)21-17-16(27-11-8-19-20-9-11)15(18(25)26)22-13(24)7-14(22)28-17/h1-5,8-9,14,17H,6-7H2,(H,19,20)(H,21,23)(H,25,26)/t14-,17?/m1/s1. The number of fused-ring (bicyclic) bond motifs is 1. The lowest BCUT2D eigenvalue weighted by atomic mass is 10.1. The number of nitrogens with zero attached hydrogens (tertiary/aromatic N) is 2. The molecule has 28 heavy (non-hydrogen) atoms. The van der Waals surface area contributed by atoms with Crippen LogP contribution in [0.2, 0.25) is 0 Å². The number of aromatic nitrogens is 2. The Morgan fingerprint density at radius 3 is 2.79 bits per heavy atom. The van der Waals surface area contributed by atoms with E-state index < -0.39 is 11.3 Å². The zero-order valence-electron chi connectivity index (χ0n) is 14.5. The largest absolute Gasteiger partial charge is 0.477 e. The number of carbonyl (C=O) groups is 3. The number of benzene rings is 1. The van der Waals surface area contributed by atoms with Crippen LogP contribution >= 0.6 is 23.5 Å². The molecule has 1 aromatic carbocycles. The van der Waals surface area contributed by atoms with Crippen molar-refractivity contribution in [2.75, 3.05) is 0 Å². The van der Waals surface area contributed by atoms with Gasteiger partial charge in [0.15, 0.2) is 0 Å². The number of amides is 2. The fraction of sp³-hybridized carbons (Fsp3) is 0.222. The maximum absolute atomic E-state index is 12.6. The van der Waals surface area contributed by atoms with Crippen LogP contribution in [0.5, 0.6) is 0 Å². The van der Waals surface area contributed by atoms with Crippen molar-refractivity contribution in [3.63, 3.8) is 0 Å². The van der Waals surface area contributed by atoms with Crippen molar-refractivity contribution >= 4 is 41.3 Å². The van der Waals surface area contributed by atoms with Crippen molar-refractivity contribution in [3.05, 3.63) is 58.9 Å². The molecule has 4 rings (SSSR count). The molecule has 2 aromatic rings. The molecule has 2 atom stereocenters. The maximum atomic E-state index is 12.6. The summed E-state index contributed by atoms with van der Waals surface area (Å²) in [5, 5.41) is 18.4. The van der Waals surface area contributed by atoms with Crippen LogP contribution in [0, 0.1) is 0 Å². The second-order valence-electron chi connectivity index (χ2n) is 6.22. The van der Waals surface area contributed by atoms with E-state index in [0.717, 1.165) is 5.56 Å². The lowest BCUT2D eigenvalue weighted by Gasteiger charge is -2.46. The van der Waals surface area contributed by atoms with E-state index in [2.05, 4.69) is 15.5 Å². The van der Waals surface area contributed by atoms with E-state index in [1.807, 2.05) is 30.3 Å². The van der Waals surface area contributed by atoms with E-state index >= 15 is 0 Å². The number of hydrogen-bond donors (Lipinski definition) is 3. The number of carboxylic acid groups (broad SMARTS) is 1.